The van der Waals surface area contributed by atoms with Crippen LogP contribution in [0.4, 0.5) is 0 Å². The lowest BCUT2D eigenvalue weighted by atomic mass is 10.1. The highest BCUT2D eigenvalue weighted by Gasteiger charge is 2.21. The van der Waals surface area contributed by atoms with E-state index in [4.69, 9.17) is 0 Å². The molecule has 1 unspecified atom stereocenters. The van der Waals surface area contributed by atoms with Gasteiger partial charge in [-0.15, -0.1) is 11.3 Å². The molecule has 0 aliphatic carbocycles. The smallest absolute Gasteiger partial charge is 0.264 e. The van der Waals surface area contributed by atoms with Gasteiger partial charge in [0.2, 0.25) is 0 Å². The van der Waals surface area contributed by atoms with E-state index in [1.165, 1.54) is 17.6 Å². The number of thiophene rings is 1. The molecule has 6 heteroatoms. The number of sulfone groups is 1. The van der Waals surface area contributed by atoms with Gasteiger partial charge in [-0.05, 0) is 50.1 Å². The number of carbonyl (C=O) groups excluding carboxylic acids is 1. The van der Waals surface area contributed by atoms with Crippen molar-refractivity contribution in [2.24, 2.45) is 0 Å². The SMILES string of the molecule is Cc1cc(C(=O)N(C)C(C)c2ccc(S(C)(=O)=O)cc2)sc1C. The minimum absolute atomic E-state index is 0.0223. The van der Waals surface area contributed by atoms with Crippen LogP contribution >= 0.6 is 11.3 Å². The number of amides is 1. The highest BCUT2D eigenvalue weighted by molar-refractivity contribution is 7.90. The Labute approximate surface area is 141 Å². The van der Waals surface area contributed by atoms with Gasteiger partial charge in [0.15, 0.2) is 9.84 Å². The molecule has 1 heterocycles. The van der Waals surface area contributed by atoms with Crippen LogP contribution in [-0.4, -0.2) is 32.5 Å². The zero-order chi connectivity index (χ0) is 17.4. The van der Waals surface area contributed by atoms with Gasteiger partial charge >= 0.3 is 0 Å². The normalized spacial score (nSPS) is 12.9. The summed E-state index contributed by atoms with van der Waals surface area (Å²) in [5.74, 6) is -0.0223. The molecule has 1 aromatic heterocycles. The highest BCUT2D eigenvalue weighted by Crippen LogP contribution is 2.26. The minimum atomic E-state index is -3.21. The lowest BCUT2D eigenvalue weighted by molar-refractivity contribution is 0.0747. The Hall–Kier alpha value is -1.66. The summed E-state index contributed by atoms with van der Waals surface area (Å²) in [7, 11) is -1.44. The molecular weight excluding hydrogens is 330 g/mol. The molecule has 23 heavy (non-hydrogen) atoms. The Morgan fingerprint density at radius 2 is 1.74 bits per heavy atom. The predicted molar refractivity (Wildman–Crippen MR) is 93.9 cm³/mol. The third-order valence-electron chi connectivity index (χ3n) is 4.07. The van der Waals surface area contributed by atoms with Gasteiger partial charge in [0.1, 0.15) is 0 Å². The van der Waals surface area contributed by atoms with Gasteiger partial charge in [0.05, 0.1) is 15.8 Å². The van der Waals surface area contributed by atoms with E-state index in [1.807, 2.05) is 26.8 Å². The maximum atomic E-state index is 12.6. The molecule has 0 aliphatic rings. The number of benzene rings is 1. The molecule has 1 atom stereocenters. The van der Waals surface area contributed by atoms with Crippen LogP contribution in [0.25, 0.3) is 0 Å². The third-order valence-corrected chi connectivity index (χ3v) is 6.34. The second kappa shape index (κ2) is 6.45. The summed E-state index contributed by atoms with van der Waals surface area (Å²) in [5, 5.41) is 0. The van der Waals surface area contributed by atoms with Gasteiger partial charge in [-0.3, -0.25) is 4.79 Å². The summed E-state index contributed by atoms with van der Waals surface area (Å²) in [6.07, 6.45) is 1.18. The Kier molecular flexibility index (Phi) is 4.96. The van der Waals surface area contributed by atoms with E-state index in [2.05, 4.69) is 0 Å². The van der Waals surface area contributed by atoms with E-state index in [-0.39, 0.29) is 16.8 Å². The maximum absolute atomic E-state index is 12.6. The van der Waals surface area contributed by atoms with E-state index in [0.717, 1.165) is 20.9 Å². The molecule has 1 amide bonds. The van der Waals surface area contributed by atoms with E-state index in [0.29, 0.717) is 0 Å². The van der Waals surface area contributed by atoms with Gasteiger partial charge in [-0.1, -0.05) is 12.1 Å². The Balaban J connectivity index is 2.22. The summed E-state index contributed by atoms with van der Waals surface area (Å²) in [5.41, 5.74) is 2.02. The summed E-state index contributed by atoms with van der Waals surface area (Å²) in [6, 6.07) is 8.46. The van der Waals surface area contributed by atoms with Crippen molar-refractivity contribution in [3.8, 4) is 0 Å². The van der Waals surface area contributed by atoms with Crippen molar-refractivity contribution in [1.82, 2.24) is 4.90 Å². The largest absolute Gasteiger partial charge is 0.334 e. The van der Waals surface area contributed by atoms with Gasteiger partial charge in [-0.2, -0.15) is 0 Å². The van der Waals surface area contributed by atoms with Crippen molar-refractivity contribution in [3.05, 3.63) is 51.2 Å². The van der Waals surface area contributed by atoms with Crippen LogP contribution < -0.4 is 0 Å². The summed E-state index contributed by atoms with van der Waals surface area (Å²) < 4.78 is 23.0. The molecule has 0 fully saturated rings. The van der Waals surface area contributed by atoms with Crippen LogP contribution in [0, 0.1) is 13.8 Å². The average molecular weight is 351 g/mol. The molecule has 2 aromatic rings. The molecule has 4 nitrogen and oxygen atoms in total. The van der Waals surface area contributed by atoms with Crippen molar-refractivity contribution in [2.75, 3.05) is 13.3 Å². The summed E-state index contributed by atoms with van der Waals surface area (Å²) in [4.78, 5) is 16.4. The van der Waals surface area contributed by atoms with E-state index >= 15 is 0 Å². The number of carbonyl (C=O) groups is 1. The van der Waals surface area contributed by atoms with E-state index < -0.39 is 9.84 Å². The summed E-state index contributed by atoms with van der Waals surface area (Å²) in [6.45, 7) is 5.93. The number of nitrogens with zero attached hydrogens (tertiary/aromatic N) is 1. The van der Waals surface area contributed by atoms with Crippen LogP contribution in [-0.2, 0) is 9.84 Å². The second-order valence-electron chi connectivity index (χ2n) is 5.78. The van der Waals surface area contributed by atoms with Crippen molar-refractivity contribution >= 4 is 27.1 Å². The molecular formula is C17H21NO3S2. The second-order valence-corrected chi connectivity index (χ2v) is 9.06. The average Bonchev–Trinajstić information content (AvgIpc) is 2.83. The van der Waals surface area contributed by atoms with Crippen molar-refractivity contribution in [2.45, 2.75) is 31.7 Å². The fourth-order valence-corrected chi connectivity index (χ4v) is 3.89. The molecule has 0 saturated carbocycles. The fraction of sp³-hybridized carbons (Fsp3) is 0.353. The quantitative estimate of drug-likeness (QED) is 0.846. The number of hydrogen-bond donors (Lipinski definition) is 0. The fourth-order valence-electron chi connectivity index (χ4n) is 2.25. The van der Waals surface area contributed by atoms with Crippen molar-refractivity contribution in [1.29, 1.82) is 0 Å². The first-order valence-electron chi connectivity index (χ1n) is 7.25. The standard InChI is InChI=1S/C17H21NO3S2/c1-11-10-16(22-13(11)3)17(19)18(4)12(2)14-6-8-15(9-7-14)23(5,20)21/h6-10,12H,1-5H3. The van der Waals surface area contributed by atoms with Crippen LogP contribution in [0.15, 0.2) is 35.2 Å². The molecule has 0 saturated heterocycles. The topological polar surface area (TPSA) is 54.5 Å². The first-order chi connectivity index (χ1) is 10.6. The highest BCUT2D eigenvalue weighted by atomic mass is 32.2. The minimum Gasteiger partial charge on any atom is -0.334 e. The maximum Gasteiger partial charge on any atom is 0.264 e. The molecule has 0 radical (unpaired) electrons. The van der Waals surface area contributed by atoms with E-state index in [1.54, 1.807) is 36.2 Å². The lowest BCUT2D eigenvalue weighted by Gasteiger charge is -2.25. The lowest BCUT2D eigenvalue weighted by Crippen LogP contribution is -2.29. The predicted octanol–water partition coefficient (Wildman–Crippen LogP) is 3.60. The molecule has 0 spiro atoms. The molecule has 0 aliphatic heterocycles. The van der Waals surface area contributed by atoms with Crippen LogP contribution in [0.3, 0.4) is 0 Å². The molecule has 0 N–H and O–H groups in total. The Bertz CT molecular complexity index is 801. The zero-order valence-electron chi connectivity index (χ0n) is 14.0. The first kappa shape index (κ1) is 17.7. The zero-order valence-corrected chi connectivity index (χ0v) is 15.6. The van der Waals surface area contributed by atoms with Crippen molar-refractivity contribution < 1.29 is 13.2 Å². The third kappa shape index (κ3) is 3.82. The van der Waals surface area contributed by atoms with Gasteiger partial charge in [-0.25, -0.2) is 8.42 Å². The van der Waals surface area contributed by atoms with Gasteiger partial charge in [0.25, 0.3) is 5.91 Å². The van der Waals surface area contributed by atoms with Crippen LogP contribution in [0.5, 0.6) is 0 Å². The molecule has 1 aromatic carbocycles. The van der Waals surface area contributed by atoms with Gasteiger partial charge < -0.3 is 4.90 Å². The van der Waals surface area contributed by atoms with Gasteiger partial charge in [0, 0.05) is 18.2 Å². The molecule has 124 valence electrons. The number of aryl methyl sites for hydroxylation is 2. The van der Waals surface area contributed by atoms with Crippen LogP contribution in [0.2, 0.25) is 0 Å². The molecule has 0 bridgehead atoms. The monoisotopic (exact) mass is 351 g/mol. The summed E-state index contributed by atoms with van der Waals surface area (Å²) >= 11 is 1.50. The number of hydrogen-bond acceptors (Lipinski definition) is 4. The Morgan fingerprint density at radius 3 is 2.17 bits per heavy atom. The first-order valence-corrected chi connectivity index (χ1v) is 9.96. The van der Waals surface area contributed by atoms with E-state index in [9.17, 15) is 13.2 Å². The van der Waals surface area contributed by atoms with Crippen molar-refractivity contribution in [3.63, 3.8) is 0 Å². The van der Waals surface area contributed by atoms with Crippen LogP contribution in [0.1, 0.15) is 38.6 Å². The molecule has 2 rings (SSSR count). The Morgan fingerprint density at radius 1 is 1.17 bits per heavy atom. The number of rotatable bonds is 4.